The van der Waals surface area contributed by atoms with Crippen LogP contribution < -0.4 is 10.3 Å². The van der Waals surface area contributed by atoms with E-state index in [1.54, 1.807) is 12.3 Å². The summed E-state index contributed by atoms with van der Waals surface area (Å²) in [5.74, 6) is -2.54. The van der Waals surface area contributed by atoms with Gasteiger partial charge in [0.1, 0.15) is 5.82 Å². The van der Waals surface area contributed by atoms with Gasteiger partial charge in [0.15, 0.2) is 11.6 Å². The van der Waals surface area contributed by atoms with Crippen LogP contribution in [0.1, 0.15) is 6.92 Å². The predicted molar refractivity (Wildman–Crippen MR) is 95.7 cm³/mol. The molecule has 0 unspecified atom stereocenters. The van der Waals surface area contributed by atoms with Crippen molar-refractivity contribution in [3.8, 4) is 28.3 Å². The summed E-state index contributed by atoms with van der Waals surface area (Å²) >= 11 is 0. The van der Waals surface area contributed by atoms with Crippen molar-refractivity contribution in [3.05, 3.63) is 60.3 Å². The van der Waals surface area contributed by atoms with Crippen LogP contribution in [0, 0.1) is 11.6 Å². The molecule has 8 heteroatoms. The Morgan fingerprint density at radius 3 is 2.81 bits per heavy atom. The second kappa shape index (κ2) is 6.56. The van der Waals surface area contributed by atoms with Gasteiger partial charge in [-0.05, 0) is 24.3 Å². The van der Waals surface area contributed by atoms with Gasteiger partial charge in [0.25, 0.3) is 0 Å². The Balaban J connectivity index is 1.75. The summed E-state index contributed by atoms with van der Waals surface area (Å²) in [6.07, 6.45) is 1.79. The van der Waals surface area contributed by atoms with Crippen molar-refractivity contribution in [1.29, 1.82) is 0 Å². The maximum Gasteiger partial charge on any atom is 0.249 e. The summed E-state index contributed by atoms with van der Waals surface area (Å²) in [4.78, 5) is 18.9. The highest BCUT2D eigenvalue weighted by Crippen LogP contribution is 2.34. The molecular weight excluding hydrogens is 354 g/mol. The minimum Gasteiger partial charge on any atom is -0.376 e. The van der Waals surface area contributed by atoms with Crippen LogP contribution in [0.3, 0.4) is 0 Å². The fourth-order valence-corrected chi connectivity index (χ4v) is 2.86. The van der Waals surface area contributed by atoms with Gasteiger partial charge in [-0.25, -0.2) is 8.78 Å². The van der Waals surface area contributed by atoms with Crippen molar-refractivity contribution in [1.82, 2.24) is 20.7 Å². The van der Waals surface area contributed by atoms with Crippen molar-refractivity contribution < 1.29 is 18.4 Å². The van der Waals surface area contributed by atoms with Crippen LogP contribution in [0.4, 0.5) is 8.78 Å². The zero-order valence-corrected chi connectivity index (χ0v) is 14.1. The quantitative estimate of drug-likeness (QED) is 0.477. The third-order valence-corrected chi connectivity index (χ3v) is 4.07. The average molecular weight is 368 g/mol. The first kappa shape index (κ1) is 16.8. The van der Waals surface area contributed by atoms with E-state index in [2.05, 4.69) is 15.2 Å². The second-order valence-corrected chi connectivity index (χ2v) is 5.91. The molecule has 136 valence electrons. The summed E-state index contributed by atoms with van der Waals surface area (Å²) in [6, 6.07) is 11.4. The van der Waals surface area contributed by atoms with Crippen LogP contribution in [-0.2, 0) is 4.79 Å². The molecule has 0 fully saturated rings. The molecule has 0 saturated carbocycles. The van der Waals surface area contributed by atoms with E-state index in [1.807, 2.05) is 29.7 Å². The van der Waals surface area contributed by atoms with E-state index in [9.17, 15) is 13.6 Å². The average Bonchev–Trinajstić information content (AvgIpc) is 3.28. The van der Waals surface area contributed by atoms with Gasteiger partial charge in [-0.1, -0.05) is 18.2 Å². The smallest absolute Gasteiger partial charge is 0.249 e. The molecule has 2 aromatic heterocycles. The van der Waals surface area contributed by atoms with Crippen LogP contribution in [0.15, 0.2) is 48.7 Å². The summed E-state index contributed by atoms with van der Waals surface area (Å²) < 4.78 is 29.0. The molecule has 0 saturated heterocycles. The first-order chi connectivity index (χ1) is 13.0. The molecule has 2 aromatic carbocycles. The van der Waals surface area contributed by atoms with Gasteiger partial charge in [0, 0.05) is 29.6 Å². The van der Waals surface area contributed by atoms with E-state index in [4.69, 9.17) is 4.84 Å². The highest BCUT2D eigenvalue weighted by molar-refractivity contribution is 5.95. The van der Waals surface area contributed by atoms with Crippen LogP contribution in [0.25, 0.3) is 33.4 Å². The fraction of sp³-hybridized carbons (Fsp3) is 0.0526. The van der Waals surface area contributed by atoms with E-state index in [0.717, 1.165) is 28.6 Å². The van der Waals surface area contributed by atoms with Gasteiger partial charge in [-0.15, -0.1) is 0 Å². The standard InChI is InChI=1S/C19H14F2N4O2/c1-10(26)25-27-17-7-6-13(20)18(19(17)21)16-8-15(23-24-16)12-9-22-14-5-3-2-4-11(12)14/h2-9,22H,1H3,(H,23,24)(H,25,26). The minimum absolute atomic E-state index is 0.151. The first-order valence-electron chi connectivity index (χ1n) is 8.08. The Kier molecular flexibility index (Phi) is 4.08. The van der Waals surface area contributed by atoms with Crippen molar-refractivity contribution in [2.24, 2.45) is 0 Å². The molecule has 0 aliphatic carbocycles. The molecule has 3 N–H and O–H groups in total. The fourth-order valence-electron chi connectivity index (χ4n) is 2.86. The van der Waals surface area contributed by atoms with Gasteiger partial charge in [-0.3, -0.25) is 9.89 Å². The zero-order chi connectivity index (χ0) is 19.0. The highest BCUT2D eigenvalue weighted by atomic mass is 19.1. The molecule has 0 bridgehead atoms. The van der Waals surface area contributed by atoms with Crippen molar-refractivity contribution in [2.45, 2.75) is 6.92 Å². The molecular formula is C19H14F2N4O2. The third-order valence-electron chi connectivity index (χ3n) is 4.07. The summed E-state index contributed by atoms with van der Waals surface area (Å²) in [5, 5.41) is 7.79. The number of rotatable bonds is 4. The van der Waals surface area contributed by atoms with E-state index in [0.29, 0.717) is 5.69 Å². The number of carbonyl (C=O) groups excluding carboxylic acids is 1. The molecule has 0 spiro atoms. The van der Waals surface area contributed by atoms with Crippen molar-refractivity contribution in [2.75, 3.05) is 0 Å². The number of nitrogens with zero attached hydrogens (tertiary/aromatic N) is 1. The molecule has 6 nitrogen and oxygen atoms in total. The third kappa shape index (κ3) is 3.01. The number of hydrogen-bond donors (Lipinski definition) is 3. The number of nitrogens with one attached hydrogen (secondary N) is 3. The van der Waals surface area contributed by atoms with Crippen LogP contribution >= 0.6 is 0 Å². The SMILES string of the molecule is CC(=O)NOc1ccc(F)c(-c2cc(-c3c[nH]c4ccccc34)n[nH]2)c1F. The Bertz CT molecular complexity index is 1150. The molecule has 4 aromatic rings. The number of halogens is 2. The normalized spacial score (nSPS) is 10.9. The van der Waals surface area contributed by atoms with Crippen molar-refractivity contribution >= 4 is 16.8 Å². The molecule has 0 radical (unpaired) electrons. The number of aromatic amines is 2. The van der Waals surface area contributed by atoms with Gasteiger partial charge in [0.05, 0.1) is 17.0 Å². The zero-order valence-electron chi connectivity index (χ0n) is 14.1. The number of H-pyrrole nitrogens is 2. The first-order valence-corrected chi connectivity index (χ1v) is 8.08. The van der Waals surface area contributed by atoms with E-state index < -0.39 is 17.5 Å². The lowest BCUT2D eigenvalue weighted by Crippen LogP contribution is -2.24. The number of aromatic nitrogens is 3. The Hall–Kier alpha value is -3.68. The van der Waals surface area contributed by atoms with E-state index in [1.165, 1.54) is 6.92 Å². The van der Waals surface area contributed by atoms with Gasteiger partial charge in [-0.2, -0.15) is 10.6 Å². The topological polar surface area (TPSA) is 82.8 Å². The largest absolute Gasteiger partial charge is 0.376 e. The van der Waals surface area contributed by atoms with Crippen LogP contribution in [0.2, 0.25) is 0 Å². The molecule has 0 atom stereocenters. The number of carbonyl (C=O) groups is 1. The second-order valence-electron chi connectivity index (χ2n) is 5.91. The van der Waals surface area contributed by atoms with E-state index in [-0.39, 0.29) is 17.0 Å². The molecule has 4 rings (SSSR count). The van der Waals surface area contributed by atoms with Gasteiger partial charge >= 0.3 is 0 Å². The maximum absolute atomic E-state index is 14.7. The molecule has 0 aliphatic heterocycles. The summed E-state index contributed by atoms with van der Waals surface area (Å²) in [7, 11) is 0. The molecule has 27 heavy (non-hydrogen) atoms. The van der Waals surface area contributed by atoms with Gasteiger partial charge < -0.3 is 9.82 Å². The Morgan fingerprint density at radius 2 is 2.00 bits per heavy atom. The molecule has 2 heterocycles. The lowest BCUT2D eigenvalue weighted by molar-refractivity contribution is -0.125. The number of hydroxylamine groups is 1. The number of amides is 1. The van der Waals surface area contributed by atoms with Crippen LogP contribution in [-0.4, -0.2) is 21.1 Å². The molecule has 0 aliphatic rings. The Morgan fingerprint density at radius 1 is 1.19 bits per heavy atom. The van der Waals surface area contributed by atoms with Crippen LogP contribution in [0.5, 0.6) is 5.75 Å². The highest BCUT2D eigenvalue weighted by Gasteiger charge is 2.20. The number of benzene rings is 2. The summed E-state index contributed by atoms with van der Waals surface area (Å²) in [6.45, 7) is 1.21. The number of hydrogen-bond acceptors (Lipinski definition) is 3. The number of fused-ring (bicyclic) bond motifs is 1. The maximum atomic E-state index is 14.7. The molecule has 1 amide bonds. The lowest BCUT2D eigenvalue weighted by atomic mass is 10.1. The monoisotopic (exact) mass is 368 g/mol. The minimum atomic E-state index is -0.946. The lowest BCUT2D eigenvalue weighted by Gasteiger charge is -2.09. The predicted octanol–water partition coefficient (Wildman–Crippen LogP) is 3.93. The van der Waals surface area contributed by atoms with E-state index >= 15 is 0 Å². The van der Waals surface area contributed by atoms with Crippen molar-refractivity contribution in [3.63, 3.8) is 0 Å². The Labute approximate surface area is 152 Å². The number of para-hydroxylation sites is 1. The van der Waals surface area contributed by atoms with Gasteiger partial charge in [0.2, 0.25) is 5.91 Å². The summed E-state index contributed by atoms with van der Waals surface area (Å²) in [5.41, 5.74) is 4.12.